The molecule has 0 unspecified atom stereocenters. The highest BCUT2D eigenvalue weighted by atomic mass is 19.4. The van der Waals surface area contributed by atoms with Crippen LogP contribution in [0.15, 0.2) is 48.7 Å². The molecule has 0 spiro atoms. The Kier molecular flexibility index (Phi) is 3.34. The summed E-state index contributed by atoms with van der Waals surface area (Å²) < 4.78 is 37.3. The van der Waals surface area contributed by atoms with Gasteiger partial charge in [-0.3, -0.25) is 4.98 Å². The third-order valence-electron chi connectivity index (χ3n) is 2.58. The summed E-state index contributed by atoms with van der Waals surface area (Å²) in [4.78, 5) is 4.12. The number of hydrogen-bond donors (Lipinski definition) is 1. The zero-order valence-electron chi connectivity index (χ0n) is 9.35. The zero-order chi connectivity index (χ0) is 13.2. The van der Waals surface area contributed by atoms with Crippen LogP contribution in [0.4, 0.5) is 13.2 Å². The first-order valence-corrected chi connectivity index (χ1v) is 5.32. The van der Waals surface area contributed by atoms with Crippen LogP contribution in [0, 0.1) is 0 Å². The number of hydrogen-bond acceptors (Lipinski definition) is 2. The smallest absolute Gasteiger partial charge is 0.316 e. The quantitative estimate of drug-likeness (QED) is 0.890. The maximum Gasteiger partial charge on any atom is 0.407 e. The average Bonchev–Trinajstić information content (AvgIpc) is 2.38. The lowest BCUT2D eigenvalue weighted by atomic mass is 10.0. The van der Waals surface area contributed by atoms with E-state index in [2.05, 4.69) is 4.98 Å². The third-order valence-corrected chi connectivity index (χ3v) is 2.58. The maximum atomic E-state index is 12.4. The lowest BCUT2D eigenvalue weighted by Gasteiger charge is -2.16. The van der Waals surface area contributed by atoms with Crippen LogP contribution in [-0.2, 0) is 0 Å². The molecule has 0 aliphatic rings. The number of alkyl halides is 3. The van der Waals surface area contributed by atoms with Gasteiger partial charge in [-0.25, -0.2) is 0 Å². The Morgan fingerprint density at radius 3 is 2.17 bits per heavy atom. The molecule has 2 nitrogen and oxygen atoms in total. The molecule has 0 bridgehead atoms. The molecule has 2 rings (SSSR count). The van der Waals surface area contributed by atoms with Crippen molar-refractivity contribution in [1.82, 2.24) is 4.98 Å². The first kappa shape index (κ1) is 12.6. The first-order valence-electron chi connectivity index (χ1n) is 5.32. The fraction of sp³-hybridized carbons (Fsp3) is 0.154. The van der Waals surface area contributed by atoms with E-state index < -0.39 is 12.2 Å². The summed E-state index contributed by atoms with van der Waals surface area (Å²) in [6.07, 6.45) is -2.79. The van der Waals surface area contributed by atoms with Gasteiger partial charge in [-0.1, -0.05) is 30.3 Å². The predicted octanol–water partition coefficient (Wildman–Crippen LogP) is 3.31. The van der Waals surface area contributed by atoms with E-state index in [1.54, 1.807) is 30.5 Å². The van der Waals surface area contributed by atoms with Crippen molar-refractivity contribution in [2.45, 2.75) is 12.2 Å². The molecule has 0 amide bonds. The third kappa shape index (κ3) is 2.68. The lowest BCUT2D eigenvalue weighted by Crippen LogP contribution is -2.28. The van der Waals surface area contributed by atoms with E-state index in [1.807, 2.05) is 6.07 Å². The van der Waals surface area contributed by atoms with Gasteiger partial charge in [0, 0.05) is 11.8 Å². The highest BCUT2D eigenvalue weighted by Crippen LogP contribution is 2.31. The molecule has 1 heterocycles. The second-order valence-electron chi connectivity index (χ2n) is 3.86. The number of halogens is 3. The summed E-state index contributed by atoms with van der Waals surface area (Å²) in [5, 5.41) is 0. The van der Waals surface area contributed by atoms with Gasteiger partial charge in [-0.15, -0.1) is 0 Å². The van der Waals surface area contributed by atoms with Crippen molar-refractivity contribution >= 4 is 0 Å². The van der Waals surface area contributed by atoms with Crippen LogP contribution >= 0.6 is 0 Å². The number of pyridine rings is 1. The predicted molar refractivity (Wildman–Crippen MR) is 62.7 cm³/mol. The van der Waals surface area contributed by atoms with Crippen molar-refractivity contribution in [3.8, 4) is 11.3 Å². The second-order valence-corrected chi connectivity index (χ2v) is 3.86. The minimum atomic E-state index is -4.42. The van der Waals surface area contributed by atoms with Gasteiger partial charge in [0.1, 0.15) is 6.04 Å². The molecule has 18 heavy (non-hydrogen) atoms. The molecule has 0 saturated heterocycles. The molecule has 0 aliphatic heterocycles. The molecular weight excluding hydrogens is 241 g/mol. The van der Waals surface area contributed by atoms with Crippen molar-refractivity contribution in [2.75, 3.05) is 0 Å². The van der Waals surface area contributed by atoms with Gasteiger partial charge in [0.25, 0.3) is 0 Å². The Hall–Kier alpha value is -1.88. The summed E-state index contributed by atoms with van der Waals surface area (Å²) in [5.41, 5.74) is 6.63. The van der Waals surface area contributed by atoms with Gasteiger partial charge in [-0.05, 0) is 17.7 Å². The monoisotopic (exact) mass is 252 g/mol. The van der Waals surface area contributed by atoms with Crippen molar-refractivity contribution < 1.29 is 13.2 Å². The molecule has 2 aromatic rings. The van der Waals surface area contributed by atoms with Crippen LogP contribution in [0.25, 0.3) is 11.3 Å². The minimum Gasteiger partial charge on any atom is -0.316 e. The second kappa shape index (κ2) is 4.78. The standard InChI is InChI=1S/C13H11F3N2/c14-13(15,16)12(17)10-6-4-9(5-7-10)11-3-1-2-8-18-11/h1-8,12H,17H2/t12-/m1/s1. The highest BCUT2D eigenvalue weighted by molar-refractivity contribution is 5.59. The Labute approximate surface area is 102 Å². The topological polar surface area (TPSA) is 38.9 Å². The molecule has 2 N–H and O–H groups in total. The van der Waals surface area contributed by atoms with E-state index in [0.29, 0.717) is 5.69 Å². The maximum absolute atomic E-state index is 12.4. The van der Waals surface area contributed by atoms with Gasteiger partial charge in [0.2, 0.25) is 0 Å². The minimum absolute atomic E-state index is 0.0437. The van der Waals surface area contributed by atoms with Crippen LogP contribution < -0.4 is 5.73 Å². The Bertz CT molecular complexity index is 506. The van der Waals surface area contributed by atoms with E-state index in [-0.39, 0.29) is 5.56 Å². The Morgan fingerprint density at radius 1 is 1.00 bits per heavy atom. The van der Waals surface area contributed by atoms with Crippen LogP contribution in [0.3, 0.4) is 0 Å². The summed E-state index contributed by atoms with van der Waals surface area (Å²) >= 11 is 0. The summed E-state index contributed by atoms with van der Waals surface area (Å²) in [7, 11) is 0. The molecule has 0 fully saturated rings. The first-order chi connectivity index (χ1) is 8.48. The van der Waals surface area contributed by atoms with Gasteiger partial charge < -0.3 is 5.73 Å². The molecule has 0 saturated carbocycles. The Morgan fingerprint density at radius 2 is 1.67 bits per heavy atom. The van der Waals surface area contributed by atoms with Gasteiger partial charge in [0.05, 0.1) is 5.69 Å². The van der Waals surface area contributed by atoms with Gasteiger partial charge in [-0.2, -0.15) is 13.2 Å². The fourth-order valence-electron chi connectivity index (χ4n) is 1.58. The molecule has 0 radical (unpaired) electrons. The van der Waals surface area contributed by atoms with Crippen molar-refractivity contribution in [2.24, 2.45) is 5.73 Å². The number of nitrogens with zero attached hydrogens (tertiary/aromatic N) is 1. The highest BCUT2D eigenvalue weighted by Gasteiger charge is 2.37. The summed E-state index contributed by atoms with van der Waals surface area (Å²) in [5.74, 6) is 0. The van der Waals surface area contributed by atoms with E-state index in [9.17, 15) is 13.2 Å². The molecule has 1 aromatic carbocycles. The lowest BCUT2D eigenvalue weighted by molar-refractivity contribution is -0.149. The normalized spacial score (nSPS) is 13.3. The van der Waals surface area contributed by atoms with Gasteiger partial charge in [0.15, 0.2) is 0 Å². The molecular formula is C13H11F3N2. The number of nitrogens with two attached hydrogens (primary N) is 1. The largest absolute Gasteiger partial charge is 0.407 e. The average molecular weight is 252 g/mol. The van der Waals surface area contributed by atoms with Crippen LogP contribution in [0.1, 0.15) is 11.6 Å². The fourth-order valence-corrected chi connectivity index (χ4v) is 1.58. The summed E-state index contributed by atoms with van der Waals surface area (Å²) in [6.45, 7) is 0. The van der Waals surface area contributed by atoms with Crippen molar-refractivity contribution in [1.29, 1.82) is 0 Å². The molecule has 5 heteroatoms. The number of rotatable bonds is 2. The van der Waals surface area contributed by atoms with E-state index in [0.717, 1.165) is 5.56 Å². The number of benzene rings is 1. The van der Waals surface area contributed by atoms with E-state index in [4.69, 9.17) is 5.73 Å². The number of aromatic nitrogens is 1. The van der Waals surface area contributed by atoms with Crippen LogP contribution in [0.2, 0.25) is 0 Å². The van der Waals surface area contributed by atoms with E-state index in [1.165, 1.54) is 12.1 Å². The van der Waals surface area contributed by atoms with Crippen molar-refractivity contribution in [3.63, 3.8) is 0 Å². The summed E-state index contributed by atoms with van der Waals surface area (Å²) in [6, 6.07) is 9.36. The van der Waals surface area contributed by atoms with Crippen molar-refractivity contribution in [3.05, 3.63) is 54.2 Å². The molecule has 1 atom stereocenters. The van der Waals surface area contributed by atoms with E-state index >= 15 is 0 Å². The van der Waals surface area contributed by atoms with Crippen LogP contribution in [-0.4, -0.2) is 11.2 Å². The van der Waals surface area contributed by atoms with Gasteiger partial charge >= 0.3 is 6.18 Å². The Balaban J connectivity index is 2.26. The SMILES string of the molecule is N[C@H](c1ccc(-c2ccccn2)cc1)C(F)(F)F. The molecule has 94 valence electrons. The zero-order valence-corrected chi connectivity index (χ0v) is 9.35. The molecule has 1 aromatic heterocycles. The van der Waals surface area contributed by atoms with Crippen LogP contribution in [0.5, 0.6) is 0 Å². The molecule has 0 aliphatic carbocycles.